The Balaban J connectivity index is 1.24. The third kappa shape index (κ3) is 7.78. The van der Waals surface area contributed by atoms with Gasteiger partial charge in [0.2, 0.25) is 0 Å². The maximum absolute atomic E-state index is 13.7. The number of hydroxylamine groups is 2. The molecule has 272 valence electrons. The van der Waals surface area contributed by atoms with Crippen LogP contribution in [0, 0.1) is 13.8 Å². The summed E-state index contributed by atoms with van der Waals surface area (Å²) in [6.07, 6.45) is -5.19. The third-order valence-electron chi connectivity index (χ3n) is 9.55. The van der Waals surface area contributed by atoms with Crippen LogP contribution in [-0.4, -0.2) is 81.8 Å². The zero-order valence-electron chi connectivity index (χ0n) is 28.4. The van der Waals surface area contributed by atoms with E-state index in [1.165, 1.54) is 6.26 Å². The van der Waals surface area contributed by atoms with Gasteiger partial charge in [0.05, 0.1) is 11.2 Å². The van der Waals surface area contributed by atoms with Crippen LogP contribution >= 0.6 is 0 Å². The second kappa shape index (κ2) is 13.2. The fourth-order valence-corrected chi connectivity index (χ4v) is 6.19. The van der Waals surface area contributed by atoms with Gasteiger partial charge in [0.25, 0.3) is 11.8 Å². The highest BCUT2D eigenvalue weighted by Gasteiger charge is 2.51. The molecule has 2 saturated heterocycles. The molecule has 50 heavy (non-hydrogen) atoms. The predicted octanol–water partition coefficient (Wildman–Crippen LogP) is 6.34. The minimum Gasteiger partial charge on any atom is -0.478 e. The number of alkyl halides is 6. The smallest absolute Gasteiger partial charge is 0.427 e. The fourth-order valence-electron chi connectivity index (χ4n) is 6.19. The number of carbonyl (C=O) groups excluding carboxylic acids is 2. The van der Waals surface area contributed by atoms with Crippen molar-refractivity contribution >= 4 is 23.7 Å². The molecule has 9 nitrogen and oxygen atoms in total. The van der Waals surface area contributed by atoms with Gasteiger partial charge in [0.1, 0.15) is 23.4 Å². The van der Waals surface area contributed by atoms with Crippen molar-refractivity contribution in [3.05, 3.63) is 70.0 Å². The molecule has 5 rings (SSSR count). The lowest BCUT2D eigenvalue weighted by Gasteiger charge is -2.36. The molecule has 1 spiro atoms. The molecule has 0 bridgehead atoms. The van der Waals surface area contributed by atoms with E-state index in [9.17, 15) is 41.0 Å². The molecule has 0 unspecified atom stereocenters. The number of ether oxygens (including phenoxy) is 1. The lowest BCUT2D eigenvalue weighted by molar-refractivity contribution is -0.236. The van der Waals surface area contributed by atoms with E-state index < -0.39 is 46.3 Å². The van der Waals surface area contributed by atoms with E-state index in [2.05, 4.69) is 10.3 Å². The second-order valence-corrected chi connectivity index (χ2v) is 13.9. The van der Waals surface area contributed by atoms with E-state index in [1.54, 1.807) is 23.0 Å². The van der Waals surface area contributed by atoms with Crippen LogP contribution in [0.5, 0.6) is 5.75 Å². The fraction of sp³-hybridized carbons (Fsp3) is 0.514. The van der Waals surface area contributed by atoms with Gasteiger partial charge in [0.15, 0.2) is 5.60 Å². The highest BCUT2D eigenvalue weighted by molar-refractivity contribution is 6.15. The van der Waals surface area contributed by atoms with Crippen molar-refractivity contribution in [3.8, 4) is 5.75 Å². The average Bonchev–Trinajstić information content (AvgIpc) is 3.32. The van der Waals surface area contributed by atoms with Crippen LogP contribution in [0.25, 0.3) is 6.08 Å². The Morgan fingerprint density at radius 2 is 1.56 bits per heavy atom. The highest BCUT2D eigenvalue weighted by atomic mass is 19.4. The summed E-state index contributed by atoms with van der Waals surface area (Å²) in [5.74, 6) is -1.65. The number of nitrogens with one attached hydrogen (secondary N) is 1. The SMILES string of the molecule is Cc1cc(C(=O)N2CCC(C)(O)CC2)cc(C)c1/C=C/ON1CCC2(CC1)N=C(c1ccc(C(F)(F)F)c(OC(C)(C)C(F)(F)F)c1)NC2=O. The summed E-state index contributed by atoms with van der Waals surface area (Å²) in [6.45, 7) is 8.35. The van der Waals surface area contributed by atoms with Crippen LogP contribution in [0.15, 0.2) is 41.6 Å². The normalized spacial score (nSPS) is 19.9. The minimum absolute atomic E-state index is 0.0275. The van der Waals surface area contributed by atoms with Crippen molar-refractivity contribution in [2.24, 2.45) is 4.99 Å². The number of amides is 2. The molecule has 15 heteroatoms. The molecule has 2 aromatic carbocycles. The molecule has 0 aromatic heterocycles. The second-order valence-electron chi connectivity index (χ2n) is 13.9. The van der Waals surface area contributed by atoms with Crippen molar-refractivity contribution in [1.29, 1.82) is 0 Å². The number of halogens is 6. The molecule has 2 amide bonds. The largest absolute Gasteiger partial charge is 0.478 e. The van der Waals surface area contributed by atoms with Gasteiger partial charge in [-0.2, -0.15) is 26.3 Å². The quantitative estimate of drug-likeness (QED) is 0.257. The standard InChI is InChI=1S/C35H40F6N4O5/c1-21-18-24(29(46)44-13-9-32(5,48)10-14-44)19-22(2)25(21)8-17-49-45-15-11-33(12-16-45)30(47)42-28(43-33)23-6-7-26(34(36,37)38)27(20-23)50-31(3,4)35(39,40)41/h6-8,17-20,48H,9-16H2,1-5H3,(H,42,43,47)/b17-8+. The van der Waals surface area contributed by atoms with Gasteiger partial charge in [-0.1, -0.05) is 6.07 Å². The number of hydrogen-bond donors (Lipinski definition) is 2. The van der Waals surface area contributed by atoms with Gasteiger partial charge in [-0.05, 0) is 107 Å². The molecule has 3 aliphatic heterocycles. The summed E-state index contributed by atoms with van der Waals surface area (Å²) in [7, 11) is 0. The Kier molecular flexibility index (Phi) is 9.82. The van der Waals surface area contributed by atoms with Crippen molar-refractivity contribution in [2.75, 3.05) is 26.2 Å². The maximum atomic E-state index is 13.7. The number of nitrogens with zero attached hydrogens (tertiary/aromatic N) is 3. The minimum atomic E-state index is -4.99. The van der Waals surface area contributed by atoms with Gasteiger partial charge >= 0.3 is 12.4 Å². The predicted molar refractivity (Wildman–Crippen MR) is 172 cm³/mol. The van der Waals surface area contributed by atoms with E-state index in [-0.39, 0.29) is 43.2 Å². The Labute approximate surface area is 285 Å². The first-order valence-corrected chi connectivity index (χ1v) is 16.2. The monoisotopic (exact) mass is 710 g/mol. The van der Waals surface area contributed by atoms with E-state index in [0.29, 0.717) is 51.4 Å². The molecule has 2 fully saturated rings. The molecule has 2 aromatic rings. The van der Waals surface area contributed by atoms with Gasteiger partial charge in [0, 0.05) is 37.3 Å². The highest BCUT2D eigenvalue weighted by Crippen LogP contribution is 2.42. The molecule has 3 heterocycles. The third-order valence-corrected chi connectivity index (χ3v) is 9.55. The average molecular weight is 711 g/mol. The van der Waals surface area contributed by atoms with Crippen molar-refractivity contribution in [1.82, 2.24) is 15.3 Å². The Hall–Kier alpha value is -4.11. The zero-order valence-corrected chi connectivity index (χ0v) is 28.4. The summed E-state index contributed by atoms with van der Waals surface area (Å²) in [5.41, 5.74) is -3.14. The summed E-state index contributed by atoms with van der Waals surface area (Å²) in [5, 5.41) is 14.4. The number of aliphatic hydroxyl groups is 1. The van der Waals surface area contributed by atoms with Gasteiger partial charge in [-0.25, -0.2) is 0 Å². The van der Waals surface area contributed by atoms with Crippen LogP contribution < -0.4 is 10.1 Å². The lowest BCUT2D eigenvalue weighted by Crippen LogP contribution is -2.48. The van der Waals surface area contributed by atoms with Crippen molar-refractivity contribution < 1.29 is 50.6 Å². The number of rotatable bonds is 7. The van der Waals surface area contributed by atoms with Crippen LogP contribution in [0.2, 0.25) is 0 Å². The molecular formula is C35H40F6N4O5. The number of benzene rings is 2. The molecule has 0 saturated carbocycles. The van der Waals surface area contributed by atoms with E-state index in [1.807, 2.05) is 26.0 Å². The zero-order chi connectivity index (χ0) is 36.9. The molecular weight excluding hydrogens is 670 g/mol. The Morgan fingerprint density at radius 1 is 0.960 bits per heavy atom. The number of aryl methyl sites for hydroxylation is 2. The van der Waals surface area contributed by atoms with Crippen LogP contribution in [-0.2, 0) is 15.8 Å². The lowest BCUT2D eigenvalue weighted by atomic mass is 9.89. The first kappa shape index (κ1) is 37.2. The van der Waals surface area contributed by atoms with Gasteiger partial charge in [-0.3, -0.25) is 14.6 Å². The van der Waals surface area contributed by atoms with Crippen LogP contribution in [0.3, 0.4) is 0 Å². The molecule has 0 atom stereocenters. The summed E-state index contributed by atoms with van der Waals surface area (Å²) < 4.78 is 86.2. The Bertz CT molecular complexity index is 1670. The van der Waals surface area contributed by atoms with Crippen molar-refractivity contribution in [2.45, 2.75) is 89.4 Å². The van der Waals surface area contributed by atoms with Gasteiger partial charge < -0.3 is 24.9 Å². The van der Waals surface area contributed by atoms with Gasteiger partial charge in [-0.15, -0.1) is 5.06 Å². The molecule has 0 aliphatic carbocycles. The van der Waals surface area contributed by atoms with E-state index in [4.69, 9.17) is 9.57 Å². The Morgan fingerprint density at radius 3 is 2.12 bits per heavy atom. The molecule has 2 N–H and O–H groups in total. The van der Waals surface area contributed by atoms with Crippen LogP contribution in [0.4, 0.5) is 26.3 Å². The maximum Gasteiger partial charge on any atom is 0.427 e. The number of hydrogen-bond acceptors (Lipinski definition) is 7. The number of amidine groups is 1. The van der Waals surface area contributed by atoms with Crippen molar-refractivity contribution in [3.63, 3.8) is 0 Å². The van der Waals surface area contributed by atoms with Crippen LogP contribution in [0.1, 0.15) is 84.6 Å². The molecule has 3 aliphatic rings. The van der Waals surface area contributed by atoms with E-state index in [0.717, 1.165) is 28.8 Å². The number of carbonyl (C=O) groups is 2. The first-order valence-electron chi connectivity index (χ1n) is 16.2. The summed E-state index contributed by atoms with van der Waals surface area (Å²) in [4.78, 5) is 38.3. The summed E-state index contributed by atoms with van der Waals surface area (Å²) >= 11 is 0. The summed E-state index contributed by atoms with van der Waals surface area (Å²) in [6, 6.07) is 6.09. The molecule has 0 radical (unpaired) electrons. The topological polar surface area (TPSA) is 104 Å². The number of likely N-dealkylation sites (tertiary alicyclic amines) is 1. The van der Waals surface area contributed by atoms with E-state index >= 15 is 0 Å². The number of piperidine rings is 2. The first-order chi connectivity index (χ1) is 23.1. The number of aliphatic imine (C=N–C) groups is 1.